The zero-order chi connectivity index (χ0) is 12.7. The summed E-state index contributed by atoms with van der Waals surface area (Å²) in [7, 11) is 0. The summed E-state index contributed by atoms with van der Waals surface area (Å²) in [6.07, 6.45) is 0. The second-order valence-corrected chi connectivity index (χ2v) is 5.00. The molecule has 3 rings (SSSR count). The minimum Gasteiger partial charge on any atom is -0.281 e. The van der Waals surface area contributed by atoms with Crippen LogP contribution in [0.3, 0.4) is 0 Å². The number of aromatic amines is 1. The molecule has 0 saturated heterocycles. The number of nitriles is 1. The number of nitrogens with one attached hydrogen (secondary N) is 1. The average molecular weight is 254 g/mol. The van der Waals surface area contributed by atoms with Crippen LogP contribution in [-0.4, -0.2) is 15.2 Å². The Morgan fingerprint density at radius 2 is 2.17 bits per heavy atom. The third-order valence-corrected chi connectivity index (χ3v) is 3.97. The molecule has 0 atom stereocenters. The van der Waals surface area contributed by atoms with Gasteiger partial charge in [0.05, 0.1) is 15.7 Å². The predicted octanol–water partition coefficient (Wildman–Crippen LogP) is 3.17. The van der Waals surface area contributed by atoms with Gasteiger partial charge in [0.1, 0.15) is 6.07 Å². The van der Waals surface area contributed by atoms with Gasteiger partial charge in [-0.15, -0.1) is 11.3 Å². The van der Waals surface area contributed by atoms with E-state index < -0.39 is 0 Å². The second-order valence-electron chi connectivity index (χ2n) is 4.14. The molecule has 18 heavy (non-hydrogen) atoms. The van der Waals surface area contributed by atoms with Gasteiger partial charge in [-0.1, -0.05) is 12.1 Å². The predicted molar refractivity (Wildman–Crippen MR) is 71.4 cm³/mol. The SMILES string of the molecule is Cc1[nH]nc(C#N)c1-c1ccc(C)c2scnc12. The first-order valence-corrected chi connectivity index (χ1v) is 6.38. The van der Waals surface area contributed by atoms with E-state index in [1.807, 2.05) is 18.5 Å². The molecule has 0 amide bonds. The van der Waals surface area contributed by atoms with Crippen molar-refractivity contribution in [3.63, 3.8) is 0 Å². The molecule has 5 heteroatoms. The van der Waals surface area contributed by atoms with Gasteiger partial charge in [0, 0.05) is 16.8 Å². The minimum atomic E-state index is 0.422. The molecule has 2 heterocycles. The number of aromatic nitrogens is 3. The summed E-state index contributed by atoms with van der Waals surface area (Å²) in [4.78, 5) is 4.42. The third kappa shape index (κ3) is 1.43. The average Bonchev–Trinajstić information content (AvgIpc) is 2.97. The summed E-state index contributed by atoms with van der Waals surface area (Å²) < 4.78 is 1.16. The van der Waals surface area contributed by atoms with Gasteiger partial charge in [0.15, 0.2) is 5.69 Å². The first kappa shape index (κ1) is 10.9. The number of fused-ring (bicyclic) bond motifs is 1. The van der Waals surface area contributed by atoms with Crippen molar-refractivity contribution < 1.29 is 0 Å². The van der Waals surface area contributed by atoms with Crippen LogP contribution in [0.2, 0.25) is 0 Å². The first-order chi connectivity index (χ1) is 8.72. The Bertz CT molecular complexity index is 776. The molecule has 0 aliphatic heterocycles. The molecular weight excluding hydrogens is 244 g/mol. The molecule has 0 aliphatic carbocycles. The van der Waals surface area contributed by atoms with Crippen molar-refractivity contribution in [2.45, 2.75) is 13.8 Å². The van der Waals surface area contributed by atoms with Crippen LogP contribution in [0.4, 0.5) is 0 Å². The lowest BCUT2D eigenvalue weighted by atomic mass is 10.0. The number of H-pyrrole nitrogens is 1. The number of benzene rings is 1. The summed E-state index contributed by atoms with van der Waals surface area (Å²) in [5, 5.41) is 16.0. The van der Waals surface area contributed by atoms with E-state index in [0.717, 1.165) is 27.0 Å². The standard InChI is InChI=1S/C13H10N4S/c1-7-3-4-9(12-13(7)18-6-15-12)11-8(2)16-17-10(11)5-14/h3-4,6H,1-2H3,(H,16,17). The van der Waals surface area contributed by atoms with Gasteiger partial charge in [-0.05, 0) is 19.4 Å². The summed E-state index contributed by atoms with van der Waals surface area (Å²) in [5.41, 5.74) is 7.13. The van der Waals surface area contributed by atoms with E-state index >= 15 is 0 Å². The Morgan fingerprint density at radius 1 is 1.33 bits per heavy atom. The maximum absolute atomic E-state index is 9.12. The highest BCUT2D eigenvalue weighted by molar-refractivity contribution is 7.17. The molecule has 0 saturated carbocycles. The molecule has 2 aromatic heterocycles. The van der Waals surface area contributed by atoms with Crippen molar-refractivity contribution >= 4 is 21.6 Å². The summed E-state index contributed by atoms with van der Waals surface area (Å²) in [6.45, 7) is 3.99. The summed E-state index contributed by atoms with van der Waals surface area (Å²) in [5.74, 6) is 0. The van der Waals surface area contributed by atoms with Gasteiger partial charge in [-0.3, -0.25) is 5.10 Å². The molecule has 0 spiro atoms. The van der Waals surface area contributed by atoms with E-state index in [2.05, 4.69) is 34.2 Å². The van der Waals surface area contributed by atoms with Gasteiger partial charge in [-0.25, -0.2) is 4.98 Å². The lowest BCUT2D eigenvalue weighted by molar-refractivity contribution is 1.03. The van der Waals surface area contributed by atoms with Crippen LogP contribution in [0.5, 0.6) is 0 Å². The Kier molecular flexibility index (Phi) is 2.39. The van der Waals surface area contributed by atoms with Crippen LogP contribution >= 0.6 is 11.3 Å². The maximum atomic E-state index is 9.12. The number of aryl methyl sites for hydroxylation is 2. The molecule has 1 aromatic carbocycles. The van der Waals surface area contributed by atoms with Crippen LogP contribution in [0.1, 0.15) is 17.0 Å². The molecule has 0 fully saturated rings. The van der Waals surface area contributed by atoms with Gasteiger partial charge < -0.3 is 0 Å². The van der Waals surface area contributed by atoms with Crippen LogP contribution in [0.25, 0.3) is 21.3 Å². The second kappa shape index (κ2) is 3.93. The number of hydrogen-bond donors (Lipinski definition) is 1. The fourth-order valence-corrected chi connectivity index (χ4v) is 2.91. The lowest BCUT2D eigenvalue weighted by Gasteiger charge is -2.03. The van der Waals surface area contributed by atoms with Gasteiger partial charge in [-0.2, -0.15) is 10.4 Å². The minimum absolute atomic E-state index is 0.422. The van der Waals surface area contributed by atoms with Crippen molar-refractivity contribution in [2.75, 3.05) is 0 Å². The van der Waals surface area contributed by atoms with E-state index in [0.29, 0.717) is 5.69 Å². The van der Waals surface area contributed by atoms with E-state index in [1.165, 1.54) is 5.56 Å². The quantitative estimate of drug-likeness (QED) is 0.725. The fourth-order valence-electron chi connectivity index (χ4n) is 2.12. The Hall–Kier alpha value is -2.19. The van der Waals surface area contributed by atoms with Crippen LogP contribution in [0, 0.1) is 25.2 Å². The highest BCUT2D eigenvalue weighted by atomic mass is 32.1. The number of hydrogen-bond acceptors (Lipinski definition) is 4. The zero-order valence-corrected chi connectivity index (χ0v) is 10.8. The maximum Gasteiger partial charge on any atom is 0.170 e. The van der Waals surface area contributed by atoms with E-state index in [-0.39, 0.29) is 0 Å². The highest BCUT2D eigenvalue weighted by Gasteiger charge is 2.16. The molecule has 0 bridgehead atoms. The van der Waals surface area contributed by atoms with E-state index in [1.54, 1.807) is 11.3 Å². The summed E-state index contributed by atoms with van der Waals surface area (Å²) >= 11 is 1.62. The molecule has 0 aliphatic rings. The summed E-state index contributed by atoms with van der Waals surface area (Å²) in [6, 6.07) is 6.19. The Labute approximate surface area is 108 Å². The fraction of sp³-hybridized carbons (Fsp3) is 0.154. The number of nitrogens with zero attached hydrogens (tertiary/aromatic N) is 3. The first-order valence-electron chi connectivity index (χ1n) is 5.50. The molecular formula is C13H10N4S. The molecule has 88 valence electrons. The van der Waals surface area contributed by atoms with Crippen molar-refractivity contribution in [3.8, 4) is 17.2 Å². The Balaban J connectivity index is 2.39. The zero-order valence-electron chi connectivity index (χ0n) is 9.98. The molecule has 4 nitrogen and oxygen atoms in total. The van der Waals surface area contributed by atoms with E-state index in [4.69, 9.17) is 5.26 Å². The number of thiazole rings is 1. The van der Waals surface area contributed by atoms with E-state index in [9.17, 15) is 0 Å². The van der Waals surface area contributed by atoms with Crippen LogP contribution < -0.4 is 0 Å². The van der Waals surface area contributed by atoms with Crippen LogP contribution in [0.15, 0.2) is 17.6 Å². The molecule has 1 N–H and O–H groups in total. The van der Waals surface area contributed by atoms with Crippen molar-refractivity contribution in [1.82, 2.24) is 15.2 Å². The number of rotatable bonds is 1. The van der Waals surface area contributed by atoms with Crippen molar-refractivity contribution in [3.05, 3.63) is 34.6 Å². The lowest BCUT2D eigenvalue weighted by Crippen LogP contribution is -1.86. The third-order valence-electron chi connectivity index (χ3n) is 3.00. The van der Waals surface area contributed by atoms with Gasteiger partial charge in [0.2, 0.25) is 0 Å². The molecule has 0 radical (unpaired) electrons. The van der Waals surface area contributed by atoms with Gasteiger partial charge >= 0.3 is 0 Å². The smallest absolute Gasteiger partial charge is 0.170 e. The Morgan fingerprint density at radius 3 is 2.94 bits per heavy atom. The largest absolute Gasteiger partial charge is 0.281 e. The van der Waals surface area contributed by atoms with Crippen molar-refractivity contribution in [2.24, 2.45) is 0 Å². The van der Waals surface area contributed by atoms with Crippen molar-refractivity contribution in [1.29, 1.82) is 5.26 Å². The van der Waals surface area contributed by atoms with Gasteiger partial charge in [0.25, 0.3) is 0 Å². The molecule has 3 aromatic rings. The molecule has 0 unspecified atom stereocenters. The topological polar surface area (TPSA) is 65.4 Å². The normalized spacial score (nSPS) is 10.7. The monoisotopic (exact) mass is 254 g/mol. The highest BCUT2D eigenvalue weighted by Crippen LogP contribution is 2.34. The van der Waals surface area contributed by atoms with Crippen LogP contribution in [-0.2, 0) is 0 Å².